The summed E-state index contributed by atoms with van der Waals surface area (Å²) in [6.45, 7) is 2.63. The number of alkyl halides is 2. The first-order valence-corrected chi connectivity index (χ1v) is 13.6. The zero-order valence-electron chi connectivity index (χ0n) is 23.2. The molecule has 4 aromatic rings. The summed E-state index contributed by atoms with van der Waals surface area (Å²) in [6.07, 6.45) is 2.17. The van der Waals surface area contributed by atoms with Crippen molar-refractivity contribution in [2.24, 2.45) is 5.73 Å². The lowest BCUT2D eigenvalue weighted by molar-refractivity contribution is -0.144. The van der Waals surface area contributed by atoms with Crippen molar-refractivity contribution in [2.75, 3.05) is 6.54 Å². The number of nitrogens with zero attached hydrogens (tertiary/aromatic N) is 3. The fourth-order valence-corrected chi connectivity index (χ4v) is 5.19. The molecule has 0 unspecified atom stereocenters. The normalized spacial score (nSPS) is 16.7. The predicted octanol–water partition coefficient (Wildman–Crippen LogP) is 4.40. The Kier molecular flexibility index (Phi) is 7.93. The third kappa shape index (κ3) is 5.95. The third-order valence-electron chi connectivity index (χ3n) is 7.32. The number of ether oxygens (including phenoxy) is 1. The predicted molar refractivity (Wildman–Crippen MR) is 152 cm³/mol. The highest BCUT2D eigenvalue weighted by molar-refractivity contribution is 5.98. The van der Waals surface area contributed by atoms with Crippen LogP contribution >= 0.6 is 0 Å². The second kappa shape index (κ2) is 11.6. The molecule has 3 N–H and O–H groups in total. The Morgan fingerprint density at radius 2 is 1.83 bits per heavy atom. The maximum absolute atomic E-state index is 13.6. The van der Waals surface area contributed by atoms with E-state index in [1.54, 1.807) is 78.5 Å². The standard InChI is InChI=1S/C31H31F2N5O4/c1-19(36-30(41)31(2,32)33)27(20-8-4-3-5-9-20)42-24-13-14-25-22(17-24)18-35-38(25)23-11-6-10-21(16-23)29(40)37-15-7-12-26(37)28(34)39/h3-6,8-11,13-14,16-19,26-27H,7,12,15H2,1-2H3,(H2,34,39)(H,36,41)/t19-,26-,27+/m1/s1. The molecule has 3 aromatic carbocycles. The molecule has 11 heteroatoms. The number of nitrogens with two attached hydrogens (primary N) is 1. The maximum Gasteiger partial charge on any atom is 0.321 e. The number of aromatic nitrogens is 2. The number of nitrogens with one attached hydrogen (secondary N) is 1. The van der Waals surface area contributed by atoms with Gasteiger partial charge in [-0.05, 0) is 61.7 Å². The highest BCUT2D eigenvalue weighted by Crippen LogP contribution is 2.30. The second-order valence-corrected chi connectivity index (χ2v) is 10.5. The molecule has 0 radical (unpaired) electrons. The van der Waals surface area contributed by atoms with E-state index in [9.17, 15) is 23.2 Å². The topological polar surface area (TPSA) is 120 Å². The Morgan fingerprint density at radius 1 is 1.07 bits per heavy atom. The van der Waals surface area contributed by atoms with E-state index < -0.39 is 35.9 Å². The average molecular weight is 576 g/mol. The lowest BCUT2D eigenvalue weighted by Crippen LogP contribution is -2.46. The molecule has 9 nitrogen and oxygen atoms in total. The number of benzene rings is 3. The fraction of sp³-hybridized carbons (Fsp3) is 0.290. The molecular formula is C31H31F2N5O4. The molecule has 42 heavy (non-hydrogen) atoms. The number of likely N-dealkylation sites (tertiary alicyclic amines) is 1. The van der Waals surface area contributed by atoms with Gasteiger partial charge in [-0.25, -0.2) is 4.68 Å². The molecule has 1 aliphatic rings. The van der Waals surface area contributed by atoms with Crippen LogP contribution in [-0.4, -0.2) is 57.0 Å². The van der Waals surface area contributed by atoms with Crippen LogP contribution in [0, 0.1) is 0 Å². The van der Waals surface area contributed by atoms with Crippen LogP contribution in [0.3, 0.4) is 0 Å². The van der Waals surface area contributed by atoms with Gasteiger partial charge in [-0.15, -0.1) is 0 Å². The summed E-state index contributed by atoms with van der Waals surface area (Å²) in [4.78, 5) is 38.5. The SMILES string of the molecule is C[C@@H](NC(=O)C(C)(F)F)[C@H](Oc1ccc2c(cnn2-c2cccc(C(=O)N3CCC[C@@H]3C(N)=O)c2)c1)c1ccccc1. The van der Waals surface area contributed by atoms with E-state index in [0.717, 1.165) is 10.9 Å². The molecule has 5 rings (SSSR count). The van der Waals surface area contributed by atoms with E-state index >= 15 is 0 Å². The molecule has 2 heterocycles. The van der Waals surface area contributed by atoms with Gasteiger partial charge in [0.05, 0.1) is 23.4 Å². The first kappa shape index (κ1) is 28.7. The first-order valence-electron chi connectivity index (χ1n) is 13.6. The van der Waals surface area contributed by atoms with E-state index in [0.29, 0.717) is 48.9 Å². The van der Waals surface area contributed by atoms with Gasteiger partial charge < -0.3 is 20.7 Å². The maximum atomic E-state index is 13.6. The number of carbonyl (C=O) groups excluding carboxylic acids is 3. The van der Waals surface area contributed by atoms with Crippen LogP contribution in [0.25, 0.3) is 16.6 Å². The lowest BCUT2D eigenvalue weighted by Gasteiger charge is -2.27. The summed E-state index contributed by atoms with van der Waals surface area (Å²) in [5.41, 5.74) is 8.02. The summed E-state index contributed by atoms with van der Waals surface area (Å²) in [5, 5.41) is 7.60. The number of fused-ring (bicyclic) bond motifs is 1. The molecule has 3 amide bonds. The van der Waals surface area contributed by atoms with Crippen LogP contribution in [-0.2, 0) is 9.59 Å². The van der Waals surface area contributed by atoms with Crippen molar-refractivity contribution < 1.29 is 27.9 Å². The molecule has 1 fully saturated rings. The average Bonchev–Trinajstić information content (AvgIpc) is 3.63. The van der Waals surface area contributed by atoms with Crippen molar-refractivity contribution in [2.45, 2.75) is 50.8 Å². The summed E-state index contributed by atoms with van der Waals surface area (Å²) in [6, 6.07) is 20.0. The van der Waals surface area contributed by atoms with Crippen LogP contribution in [0.5, 0.6) is 5.75 Å². The van der Waals surface area contributed by atoms with Crippen molar-refractivity contribution >= 4 is 28.6 Å². The number of hydrogen-bond donors (Lipinski definition) is 2. The minimum absolute atomic E-state index is 0.265. The Balaban J connectivity index is 1.40. The van der Waals surface area contributed by atoms with Crippen LogP contribution in [0.15, 0.2) is 79.0 Å². The van der Waals surface area contributed by atoms with Crippen molar-refractivity contribution in [1.82, 2.24) is 20.0 Å². The van der Waals surface area contributed by atoms with Crippen LogP contribution in [0.4, 0.5) is 8.78 Å². The van der Waals surface area contributed by atoms with Crippen molar-refractivity contribution in [3.63, 3.8) is 0 Å². The number of amides is 3. The number of carbonyl (C=O) groups is 3. The number of rotatable bonds is 9. The van der Waals surface area contributed by atoms with Crippen molar-refractivity contribution in [1.29, 1.82) is 0 Å². The molecular weight excluding hydrogens is 544 g/mol. The van der Waals surface area contributed by atoms with Crippen molar-refractivity contribution in [3.8, 4) is 11.4 Å². The molecule has 3 atom stereocenters. The van der Waals surface area contributed by atoms with E-state index in [1.807, 2.05) is 12.1 Å². The van der Waals surface area contributed by atoms with Crippen LogP contribution < -0.4 is 15.8 Å². The minimum atomic E-state index is -3.52. The Labute approximate surface area is 241 Å². The molecule has 0 bridgehead atoms. The molecule has 218 valence electrons. The lowest BCUT2D eigenvalue weighted by atomic mass is 10.0. The monoisotopic (exact) mass is 575 g/mol. The van der Waals surface area contributed by atoms with E-state index in [4.69, 9.17) is 10.5 Å². The number of hydrogen-bond acceptors (Lipinski definition) is 5. The highest BCUT2D eigenvalue weighted by Gasteiger charge is 2.35. The van der Waals surface area contributed by atoms with Gasteiger partial charge >= 0.3 is 5.92 Å². The number of primary amides is 1. The Hall–Kier alpha value is -4.80. The van der Waals surface area contributed by atoms with Gasteiger partial charge in [0, 0.05) is 24.4 Å². The van der Waals surface area contributed by atoms with Gasteiger partial charge in [0.25, 0.3) is 11.8 Å². The van der Waals surface area contributed by atoms with Gasteiger partial charge in [0.1, 0.15) is 17.9 Å². The Morgan fingerprint density at radius 3 is 2.55 bits per heavy atom. The molecule has 1 aromatic heterocycles. The molecule has 1 saturated heterocycles. The summed E-state index contributed by atoms with van der Waals surface area (Å²) in [5.74, 6) is -5.23. The van der Waals surface area contributed by atoms with E-state index in [-0.39, 0.29) is 5.91 Å². The van der Waals surface area contributed by atoms with Crippen LogP contribution in [0.2, 0.25) is 0 Å². The van der Waals surface area contributed by atoms with E-state index in [1.165, 1.54) is 4.90 Å². The van der Waals surface area contributed by atoms with Gasteiger partial charge in [0.15, 0.2) is 0 Å². The van der Waals surface area contributed by atoms with E-state index in [2.05, 4.69) is 10.4 Å². The quantitative estimate of drug-likeness (QED) is 0.307. The first-order chi connectivity index (χ1) is 20.0. The smallest absolute Gasteiger partial charge is 0.321 e. The fourth-order valence-electron chi connectivity index (χ4n) is 5.19. The van der Waals surface area contributed by atoms with Crippen molar-refractivity contribution in [3.05, 3.63) is 90.1 Å². The minimum Gasteiger partial charge on any atom is -0.484 e. The zero-order valence-corrected chi connectivity index (χ0v) is 23.2. The Bertz CT molecular complexity index is 1620. The summed E-state index contributed by atoms with van der Waals surface area (Å²) >= 11 is 0. The largest absolute Gasteiger partial charge is 0.484 e. The second-order valence-electron chi connectivity index (χ2n) is 10.5. The molecule has 1 aliphatic heterocycles. The molecule has 0 spiro atoms. The molecule has 0 saturated carbocycles. The van der Waals surface area contributed by atoms with Gasteiger partial charge in [-0.1, -0.05) is 36.4 Å². The third-order valence-corrected chi connectivity index (χ3v) is 7.32. The highest BCUT2D eigenvalue weighted by atomic mass is 19.3. The van der Waals surface area contributed by atoms with Gasteiger partial charge in [-0.2, -0.15) is 13.9 Å². The van der Waals surface area contributed by atoms with Gasteiger partial charge in [-0.3, -0.25) is 14.4 Å². The molecule has 0 aliphatic carbocycles. The number of halogens is 2. The van der Waals surface area contributed by atoms with Gasteiger partial charge in [0.2, 0.25) is 5.91 Å². The van der Waals surface area contributed by atoms with Crippen LogP contribution in [0.1, 0.15) is 48.7 Å². The zero-order chi connectivity index (χ0) is 30.0. The summed E-state index contributed by atoms with van der Waals surface area (Å²) < 4.78 is 35.1. The summed E-state index contributed by atoms with van der Waals surface area (Å²) in [7, 11) is 0.